The molecule has 1 aliphatic carbocycles. The van der Waals surface area contributed by atoms with Gasteiger partial charge in [0.15, 0.2) is 0 Å². The van der Waals surface area contributed by atoms with Gasteiger partial charge in [0.1, 0.15) is 5.69 Å². The molecule has 1 aromatic carbocycles. The van der Waals surface area contributed by atoms with Gasteiger partial charge in [0.05, 0.1) is 0 Å². The zero-order valence-corrected chi connectivity index (χ0v) is 13.5. The third-order valence-corrected chi connectivity index (χ3v) is 3.94. The lowest BCUT2D eigenvalue weighted by molar-refractivity contribution is 0.0946. The van der Waals surface area contributed by atoms with E-state index in [1.807, 2.05) is 18.2 Å². The third kappa shape index (κ3) is 4.65. The van der Waals surface area contributed by atoms with Crippen LogP contribution in [-0.2, 0) is 6.42 Å². The van der Waals surface area contributed by atoms with Gasteiger partial charge in [0, 0.05) is 24.3 Å². The molecule has 2 aromatic rings. The number of pyridine rings is 1. The molecule has 0 aliphatic heterocycles. The van der Waals surface area contributed by atoms with Crippen molar-refractivity contribution in [1.82, 2.24) is 15.6 Å². The maximum Gasteiger partial charge on any atom is 0.270 e. The minimum atomic E-state index is -0.212. The number of hydrogen-bond donors (Lipinski definition) is 2. The van der Waals surface area contributed by atoms with E-state index in [0.29, 0.717) is 17.8 Å². The lowest BCUT2D eigenvalue weighted by atomic mass is 10.1. The zero-order valence-electron chi connectivity index (χ0n) is 13.5. The topological polar surface area (TPSA) is 71.1 Å². The molecular weight excluding hydrogens is 302 g/mol. The first-order valence-corrected chi connectivity index (χ1v) is 8.31. The Kier molecular flexibility index (Phi) is 5.21. The van der Waals surface area contributed by atoms with Gasteiger partial charge in [-0.3, -0.25) is 14.6 Å². The van der Waals surface area contributed by atoms with Gasteiger partial charge in [-0.2, -0.15) is 0 Å². The molecule has 2 N–H and O–H groups in total. The molecule has 3 rings (SSSR count). The maximum absolute atomic E-state index is 12.2. The van der Waals surface area contributed by atoms with Crippen LogP contribution < -0.4 is 10.6 Å². The van der Waals surface area contributed by atoms with Crippen LogP contribution in [0.4, 0.5) is 0 Å². The Balaban J connectivity index is 1.48. The number of benzene rings is 1. The number of carbonyl (C=O) groups excluding carboxylic acids is 2. The first-order valence-electron chi connectivity index (χ1n) is 8.31. The molecule has 1 saturated carbocycles. The third-order valence-electron chi connectivity index (χ3n) is 3.94. The largest absolute Gasteiger partial charge is 0.352 e. The van der Waals surface area contributed by atoms with Gasteiger partial charge in [0.25, 0.3) is 11.8 Å². The van der Waals surface area contributed by atoms with Gasteiger partial charge in [-0.05, 0) is 43.4 Å². The first-order chi connectivity index (χ1) is 11.7. The van der Waals surface area contributed by atoms with Gasteiger partial charge in [-0.15, -0.1) is 0 Å². The van der Waals surface area contributed by atoms with Gasteiger partial charge >= 0.3 is 0 Å². The Morgan fingerprint density at radius 2 is 1.88 bits per heavy atom. The van der Waals surface area contributed by atoms with Crippen molar-refractivity contribution in [3.8, 4) is 0 Å². The normalized spacial score (nSPS) is 13.3. The van der Waals surface area contributed by atoms with E-state index in [0.717, 1.165) is 25.7 Å². The lowest BCUT2D eigenvalue weighted by Crippen LogP contribution is -2.28. The second-order valence-electron chi connectivity index (χ2n) is 6.02. The molecule has 2 amide bonds. The number of amides is 2. The molecule has 5 nitrogen and oxygen atoms in total. The van der Waals surface area contributed by atoms with E-state index < -0.39 is 0 Å². The van der Waals surface area contributed by atoms with Crippen molar-refractivity contribution in [1.29, 1.82) is 0 Å². The SMILES string of the molecule is O=C(NCCCc1ccccc1)c1ccnc(C(=O)NC2CC2)c1. The number of nitrogens with zero attached hydrogens (tertiary/aromatic N) is 1. The summed E-state index contributed by atoms with van der Waals surface area (Å²) >= 11 is 0. The molecule has 1 aliphatic rings. The van der Waals surface area contributed by atoms with Gasteiger partial charge < -0.3 is 10.6 Å². The van der Waals surface area contributed by atoms with E-state index in [1.54, 1.807) is 12.1 Å². The highest BCUT2D eigenvalue weighted by molar-refractivity contribution is 5.98. The number of carbonyl (C=O) groups is 2. The van der Waals surface area contributed by atoms with Crippen LogP contribution in [0.2, 0.25) is 0 Å². The molecular formula is C19H21N3O2. The van der Waals surface area contributed by atoms with E-state index in [1.165, 1.54) is 11.8 Å². The highest BCUT2D eigenvalue weighted by atomic mass is 16.2. The Bertz CT molecular complexity index is 712. The summed E-state index contributed by atoms with van der Waals surface area (Å²) in [7, 11) is 0. The summed E-state index contributed by atoms with van der Waals surface area (Å²) in [4.78, 5) is 28.2. The van der Waals surface area contributed by atoms with Crippen molar-refractivity contribution < 1.29 is 9.59 Å². The number of aromatic nitrogens is 1. The number of aryl methyl sites for hydroxylation is 1. The van der Waals surface area contributed by atoms with Crippen LogP contribution in [0.5, 0.6) is 0 Å². The van der Waals surface area contributed by atoms with Crippen LogP contribution in [-0.4, -0.2) is 29.4 Å². The molecule has 1 heterocycles. The summed E-state index contributed by atoms with van der Waals surface area (Å²) in [6.45, 7) is 0.597. The Labute approximate surface area is 141 Å². The minimum Gasteiger partial charge on any atom is -0.352 e. The zero-order chi connectivity index (χ0) is 16.8. The highest BCUT2D eigenvalue weighted by Gasteiger charge is 2.24. The predicted molar refractivity (Wildman–Crippen MR) is 91.8 cm³/mol. The van der Waals surface area contributed by atoms with E-state index in [9.17, 15) is 9.59 Å². The van der Waals surface area contributed by atoms with Crippen LogP contribution in [0.25, 0.3) is 0 Å². The minimum absolute atomic E-state index is 0.175. The molecule has 0 unspecified atom stereocenters. The van der Waals surface area contributed by atoms with Crippen LogP contribution in [0, 0.1) is 0 Å². The van der Waals surface area contributed by atoms with Gasteiger partial charge in [0.2, 0.25) is 0 Å². The lowest BCUT2D eigenvalue weighted by Gasteiger charge is -2.07. The molecule has 1 aromatic heterocycles. The molecule has 0 radical (unpaired) electrons. The van der Waals surface area contributed by atoms with Gasteiger partial charge in [-0.25, -0.2) is 0 Å². The number of rotatable bonds is 7. The van der Waals surface area contributed by atoms with E-state index >= 15 is 0 Å². The molecule has 5 heteroatoms. The Morgan fingerprint density at radius 1 is 1.08 bits per heavy atom. The van der Waals surface area contributed by atoms with Crippen LogP contribution >= 0.6 is 0 Å². The standard InChI is InChI=1S/C19H21N3O2/c23-18(21-11-4-7-14-5-2-1-3-6-14)15-10-12-20-17(13-15)19(24)22-16-8-9-16/h1-3,5-6,10,12-13,16H,4,7-9,11H2,(H,21,23)(H,22,24). The summed E-state index contributed by atoms with van der Waals surface area (Å²) in [6, 6.07) is 13.6. The fourth-order valence-electron chi connectivity index (χ4n) is 2.42. The summed E-state index contributed by atoms with van der Waals surface area (Å²) in [5, 5.41) is 5.76. The van der Waals surface area contributed by atoms with Crippen molar-refractivity contribution >= 4 is 11.8 Å². The van der Waals surface area contributed by atoms with Crippen LogP contribution in [0.1, 0.15) is 45.7 Å². The van der Waals surface area contributed by atoms with Gasteiger partial charge in [-0.1, -0.05) is 30.3 Å². The first kappa shape index (κ1) is 16.2. The van der Waals surface area contributed by atoms with Crippen molar-refractivity contribution in [3.63, 3.8) is 0 Å². The molecule has 1 fully saturated rings. The summed E-state index contributed by atoms with van der Waals surface area (Å²) in [5.41, 5.74) is 2.01. The fraction of sp³-hybridized carbons (Fsp3) is 0.316. The van der Waals surface area contributed by atoms with Crippen molar-refractivity contribution in [3.05, 3.63) is 65.5 Å². The molecule has 0 atom stereocenters. The second-order valence-corrected chi connectivity index (χ2v) is 6.02. The van der Waals surface area contributed by atoms with E-state index in [2.05, 4.69) is 27.8 Å². The molecule has 0 saturated heterocycles. The predicted octanol–water partition coefficient (Wildman–Crippen LogP) is 2.34. The molecule has 24 heavy (non-hydrogen) atoms. The second kappa shape index (κ2) is 7.73. The smallest absolute Gasteiger partial charge is 0.270 e. The van der Waals surface area contributed by atoms with Crippen molar-refractivity contribution in [2.75, 3.05) is 6.54 Å². The summed E-state index contributed by atoms with van der Waals surface area (Å²) in [6.07, 6.45) is 5.34. The van der Waals surface area contributed by atoms with Crippen molar-refractivity contribution in [2.24, 2.45) is 0 Å². The van der Waals surface area contributed by atoms with Crippen LogP contribution in [0.15, 0.2) is 48.7 Å². The average molecular weight is 323 g/mol. The average Bonchev–Trinajstić information content (AvgIpc) is 3.43. The monoisotopic (exact) mass is 323 g/mol. The van der Waals surface area contributed by atoms with Crippen molar-refractivity contribution in [2.45, 2.75) is 31.7 Å². The Morgan fingerprint density at radius 3 is 2.62 bits per heavy atom. The quantitative estimate of drug-likeness (QED) is 0.768. The number of nitrogens with one attached hydrogen (secondary N) is 2. The van der Waals surface area contributed by atoms with Crippen LogP contribution in [0.3, 0.4) is 0 Å². The molecule has 0 spiro atoms. The summed E-state index contributed by atoms with van der Waals surface area (Å²) in [5.74, 6) is -0.387. The maximum atomic E-state index is 12.2. The van der Waals surface area contributed by atoms with E-state index in [4.69, 9.17) is 0 Å². The fourth-order valence-corrected chi connectivity index (χ4v) is 2.42. The molecule has 0 bridgehead atoms. The Hall–Kier alpha value is -2.69. The van der Waals surface area contributed by atoms with E-state index in [-0.39, 0.29) is 17.9 Å². The summed E-state index contributed by atoms with van der Waals surface area (Å²) < 4.78 is 0. The number of hydrogen-bond acceptors (Lipinski definition) is 3. The highest BCUT2D eigenvalue weighted by Crippen LogP contribution is 2.19. The molecule has 124 valence electrons.